The molecule has 1 rings (SSSR count). The molecule has 1 atom stereocenters. The molecule has 0 N–H and O–H groups in total. The highest BCUT2D eigenvalue weighted by Gasteiger charge is 2.23. The first kappa shape index (κ1) is 11.6. The summed E-state index contributed by atoms with van der Waals surface area (Å²) in [5.74, 6) is 0. The molecule has 0 aromatic carbocycles. The maximum absolute atomic E-state index is 8.48. The van der Waals surface area contributed by atoms with E-state index >= 15 is 0 Å². The summed E-state index contributed by atoms with van der Waals surface area (Å²) in [4.78, 5) is 2.36. The summed E-state index contributed by atoms with van der Waals surface area (Å²) in [5.41, 5.74) is 0. The van der Waals surface area contributed by atoms with Gasteiger partial charge in [0.1, 0.15) is 0 Å². The molecule has 3 nitrogen and oxygen atoms in total. The highest BCUT2D eigenvalue weighted by Crippen LogP contribution is 2.21. The Labute approximate surface area is 95.6 Å². The van der Waals surface area contributed by atoms with Gasteiger partial charge in [-0.1, -0.05) is 0 Å². The second kappa shape index (κ2) is 6.87. The molecule has 1 heterocycles. The van der Waals surface area contributed by atoms with Gasteiger partial charge < -0.3 is 4.18 Å². The Hall–Kier alpha value is 0.490. The quantitative estimate of drug-likeness (QED) is 0.577. The van der Waals surface area contributed by atoms with E-state index in [-0.39, 0.29) is 0 Å². The Balaban J connectivity index is 2.23. The van der Waals surface area contributed by atoms with Crippen molar-refractivity contribution >= 4 is 30.4 Å². The first-order valence-corrected chi connectivity index (χ1v) is 7.68. The predicted molar refractivity (Wildman–Crippen MR) is 62.4 cm³/mol. The van der Waals surface area contributed by atoms with Crippen LogP contribution in [0, 0.1) is 11.3 Å². The summed E-state index contributed by atoms with van der Waals surface area (Å²) in [6, 6.07) is 2.72. The van der Waals surface area contributed by atoms with Gasteiger partial charge in [-0.15, -0.1) is 0 Å². The molecule has 5 heteroatoms. The van der Waals surface area contributed by atoms with Crippen LogP contribution < -0.4 is 0 Å². The van der Waals surface area contributed by atoms with Gasteiger partial charge >= 0.3 is 0 Å². The van der Waals surface area contributed by atoms with Crippen molar-refractivity contribution in [1.82, 2.24) is 4.90 Å². The molecule has 0 spiro atoms. The SMILES string of the molecule is N#CCCN1CCCC1COSI. The molecule has 0 amide bonds. The fourth-order valence-electron chi connectivity index (χ4n) is 1.68. The van der Waals surface area contributed by atoms with E-state index in [9.17, 15) is 0 Å². The van der Waals surface area contributed by atoms with E-state index in [4.69, 9.17) is 9.44 Å². The number of rotatable bonds is 5. The lowest BCUT2D eigenvalue weighted by Gasteiger charge is -2.22. The molecule has 74 valence electrons. The molecule has 0 aromatic rings. The summed E-state index contributed by atoms with van der Waals surface area (Å²) in [5, 5.41) is 8.48. The van der Waals surface area contributed by atoms with Crippen LogP contribution in [0.25, 0.3) is 0 Å². The van der Waals surface area contributed by atoms with Gasteiger partial charge in [0.25, 0.3) is 0 Å². The van der Waals surface area contributed by atoms with Crippen LogP contribution in [0.5, 0.6) is 0 Å². The maximum atomic E-state index is 8.48. The first-order valence-electron chi connectivity index (χ1n) is 4.39. The molecule has 1 saturated heterocycles. The van der Waals surface area contributed by atoms with Gasteiger partial charge in [-0.25, -0.2) is 0 Å². The van der Waals surface area contributed by atoms with E-state index in [2.05, 4.69) is 32.2 Å². The minimum absolute atomic E-state index is 0.538. The van der Waals surface area contributed by atoms with Crippen LogP contribution in [0.15, 0.2) is 0 Å². The molecule has 0 aromatic heterocycles. The van der Waals surface area contributed by atoms with Crippen LogP contribution in [0.2, 0.25) is 0 Å². The smallest absolute Gasteiger partial charge is 0.0778 e. The molecule has 0 saturated carbocycles. The largest absolute Gasteiger partial charge is 0.304 e. The molecule has 1 aliphatic rings. The zero-order chi connectivity index (χ0) is 9.52. The fourth-order valence-corrected chi connectivity index (χ4v) is 2.33. The third-order valence-electron chi connectivity index (χ3n) is 2.31. The molecule has 1 fully saturated rings. The van der Waals surface area contributed by atoms with Crippen LogP contribution in [0.4, 0.5) is 0 Å². The topological polar surface area (TPSA) is 36.3 Å². The molecular weight excluding hydrogens is 299 g/mol. The lowest BCUT2D eigenvalue weighted by molar-refractivity contribution is 0.193. The van der Waals surface area contributed by atoms with Gasteiger partial charge in [0, 0.05) is 40.2 Å². The molecule has 13 heavy (non-hydrogen) atoms. The van der Waals surface area contributed by atoms with Crippen molar-refractivity contribution in [3.8, 4) is 6.07 Å². The van der Waals surface area contributed by atoms with Crippen molar-refractivity contribution in [2.45, 2.75) is 25.3 Å². The van der Waals surface area contributed by atoms with E-state index < -0.39 is 0 Å². The van der Waals surface area contributed by atoms with Gasteiger partial charge in [-0.3, -0.25) is 4.90 Å². The monoisotopic (exact) mass is 312 g/mol. The number of likely N-dealkylation sites (tertiary alicyclic amines) is 1. The highest BCUT2D eigenvalue weighted by atomic mass is 127. The number of nitrogens with zero attached hydrogens (tertiary/aromatic N) is 2. The zero-order valence-corrected chi connectivity index (χ0v) is 10.4. The van der Waals surface area contributed by atoms with Gasteiger partial charge in [0.15, 0.2) is 0 Å². The third-order valence-corrected chi connectivity index (χ3v) is 3.30. The average Bonchev–Trinajstić information content (AvgIpc) is 2.59. The zero-order valence-electron chi connectivity index (χ0n) is 7.41. The van der Waals surface area contributed by atoms with Crippen LogP contribution in [-0.2, 0) is 4.18 Å². The van der Waals surface area contributed by atoms with Crippen LogP contribution >= 0.6 is 30.4 Å². The summed E-state index contributed by atoms with van der Waals surface area (Å²) < 4.78 is 5.31. The Morgan fingerprint density at radius 2 is 2.54 bits per heavy atom. The minimum atomic E-state index is 0.538. The van der Waals surface area contributed by atoms with E-state index in [1.54, 1.807) is 0 Å². The molecule has 0 radical (unpaired) electrons. The maximum Gasteiger partial charge on any atom is 0.0778 e. The van der Waals surface area contributed by atoms with Gasteiger partial charge in [0.2, 0.25) is 0 Å². The number of hydrogen-bond donors (Lipinski definition) is 0. The van der Waals surface area contributed by atoms with Gasteiger partial charge in [-0.05, 0) is 19.4 Å². The second-order valence-corrected chi connectivity index (χ2v) is 4.53. The van der Waals surface area contributed by atoms with Gasteiger partial charge in [-0.2, -0.15) is 5.26 Å². The van der Waals surface area contributed by atoms with E-state index in [0.29, 0.717) is 12.5 Å². The van der Waals surface area contributed by atoms with Crippen molar-refractivity contribution < 1.29 is 4.18 Å². The van der Waals surface area contributed by atoms with Crippen molar-refractivity contribution in [3.63, 3.8) is 0 Å². The molecular formula is C8H13IN2OS. The van der Waals surface area contributed by atoms with Crippen molar-refractivity contribution in [1.29, 1.82) is 5.26 Å². The van der Waals surface area contributed by atoms with Crippen molar-refractivity contribution in [2.24, 2.45) is 0 Å². The minimum Gasteiger partial charge on any atom is -0.304 e. The van der Waals surface area contributed by atoms with Crippen molar-refractivity contribution in [2.75, 3.05) is 19.7 Å². The number of nitriles is 1. The van der Waals surface area contributed by atoms with E-state index in [1.165, 1.54) is 22.1 Å². The summed E-state index contributed by atoms with van der Waals surface area (Å²) in [6.07, 6.45) is 3.09. The predicted octanol–water partition coefficient (Wildman–Crippen LogP) is 2.38. The Morgan fingerprint density at radius 1 is 1.69 bits per heavy atom. The van der Waals surface area contributed by atoms with Crippen LogP contribution in [-0.4, -0.2) is 30.6 Å². The summed E-state index contributed by atoms with van der Waals surface area (Å²) in [7, 11) is 1.39. The van der Waals surface area contributed by atoms with Gasteiger partial charge in [0.05, 0.1) is 21.9 Å². The molecule has 0 aliphatic carbocycles. The Morgan fingerprint density at radius 3 is 3.23 bits per heavy atom. The standard InChI is InChI=1S/C8H13IN2OS/c9-13-12-7-8-3-1-5-11(8)6-2-4-10/h8H,1-3,5-7H2. The molecule has 1 aliphatic heterocycles. The Bertz CT molecular complexity index is 185. The molecule has 0 bridgehead atoms. The summed E-state index contributed by atoms with van der Waals surface area (Å²) in [6.45, 7) is 2.82. The van der Waals surface area contributed by atoms with E-state index in [0.717, 1.165) is 19.7 Å². The van der Waals surface area contributed by atoms with Crippen molar-refractivity contribution in [3.05, 3.63) is 0 Å². The average molecular weight is 312 g/mol. The first-order chi connectivity index (χ1) is 6.38. The number of halogens is 1. The normalized spacial score (nSPS) is 23.2. The number of hydrogen-bond acceptors (Lipinski definition) is 4. The second-order valence-electron chi connectivity index (χ2n) is 3.09. The summed E-state index contributed by atoms with van der Waals surface area (Å²) >= 11 is 2.13. The lowest BCUT2D eigenvalue weighted by atomic mass is 10.2. The van der Waals surface area contributed by atoms with Crippen LogP contribution in [0.3, 0.4) is 0 Å². The fraction of sp³-hybridized carbons (Fsp3) is 0.875. The van der Waals surface area contributed by atoms with Crippen LogP contribution in [0.1, 0.15) is 19.3 Å². The lowest BCUT2D eigenvalue weighted by Crippen LogP contribution is -2.33. The molecule has 1 unspecified atom stereocenters. The van der Waals surface area contributed by atoms with E-state index in [1.807, 2.05) is 0 Å². The highest BCUT2D eigenvalue weighted by molar-refractivity contribution is 14.2. The third kappa shape index (κ3) is 4.02. The Kier molecular flexibility index (Phi) is 6.11.